The van der Waals surface area contributed by atoms with Gasteiger partial charge in [0.15, 0.2) is 0 Å². The number of aliphatic hydroxyl groups is 1. The van der Waals surface area contributed by atoms with Gasteiger partial charge in [0.05, 0.1) is 18.6 Å². The first-order valence-electron chi connectivity index (χ1n) is 4.96. The van der Waals surface area contributed by atoms with Crippen LogP contribution in [0.25, 0.3) is 0 Å². The average Bonchev–Trinajstić information content (AvgIpc) is 2.15. The lowest BCUT2D eigenvalue weighted by Crippen LogP contribution is -2.48. The van der Waals surface area contributed by atoms with E-state index >= 15 is 0 Å². The highest BCUT2D eigenvalue weighted by atomic mass is 19.3. The van der Waals surface area contributed by atoms with Crippen molar-refractivity contribution in [3.8, 4) is 0 Å². The summed E-state index contributed by atoms with van der Waals surface area (Å²) in [6.45, 7) is 2.72. The zero-order valence-electron chi connectivity index (χ0n) is 9.54. The summed E-state index contributed by atoms with van der Waals surface area (Å²) in [6.07, 6.45) is -2.50. The van der Waals surface area contributed by atoms with Gasteiger partial charge in [0.25, 0.3) is 6.43 Å². The van der Waals surface area contributed by atoms with Crippen LogP contribution in [0.15, 0.2) is 0 Å². The number of hydrogen-bond acceptors (Lipinski definition) is 4. The van der Waals surface area contributed by atoms with E-state index in [0.29, 0.717) is 0 Å². The molecule has 5 nitrogen and oxygen atoms in total. The number of carbonyl (C=O) groups excluding carboxylic acids is 1. The third-order valence-electron chi connectivity index (χ3n) is 2.18. The van der Waals surface area contributed by atoms with Crippen LogP contribution in [0.3, 0.4) is 0 Å². The smallest absolute Gasteiger partial charge is 0.251 e. The molecule has 0 saturated carbocycles. The molecule has 0 bridgehead atoms. The number of hydrogen-bond donors (Lipinski definition) is 3. The molecule has 0 aliphatic carbocycles. The third kappa shape index (κ3) is 5.34. The van der Waals surface area contributed by atoms with E-state index in [9.17, 15) is 13.6 Å². The second kappa shape index (κ2) is 6.72. The van der Waals surface area contributed by atoms with Gasteiger partial charge >= 0.3 is 0 Å². The normalized spacial score (nSPS) is 12.2. The molecule has 0 heterocycles. The molecule has 0 saturated heterocycles. The van der Waals surface area contributed by atoms with Crippen LogP contribution in [0.4, 0.5) is 8.78 Å². The Hall–Kier alpha value is -0.790. The van der Waals surface area contributed by atoms with Crippen molar-refractivity contribution in [1.82, 2.24) is 10.3 Å². The fourth-order valence-corrected chi connectivity index (χ4v) is 1.40. The highest BCUT2D eigenvalue weighted by Gasteiger charge is 2.30. The van der Waals surface area contributed by atoms with Gasteiger partial charge in [-0.15, -0.1) is 0 Å². The van der Waals surface area contributed by atoms with Crippen LogP contribution in [0, 0.1) is 5.41 Å². The van der Waals surface area contributed by atoms with Crippen molar-refractivity contribution in [2.75, 3.05) is 26.2 Å². The Balaban J connectivity index is 4.41. The largest absolute Gasteiger partial charge is 0.395 e. The van der Waals surface area contributed by atoms with Crippen LogP contribution < -0.4 is 11.3 Å². The first kappa shape index (κ1) is 15.2. The molecule has 16 heavy (non-hydrogen) atoms. The lowest BCUT2D eigenvalue weighted by Gasteiger charge is -2.30. The molecule has 0 unspecified atom stereocenters. The minimum Gasteiger partial charge on any atom is -0.395 e. The zero-order valence-corrected chi connectivity index (χ0v) is 9.54. The van der Waals surface area contributed by atoms with Crippen molar-refractivity contribution in [3.63, 3.8) is 0 Å². The first-order chi connectivity index (χ1) is 7.33. The van der Waals surface area contributed by atoms with Crippen LogP contribution in [-0.4, -0.2) is 48.6 Å². The van der Waals surface area contributed by atoms with Gasteiger partial charge in [-0.3, -0.25) is 15.1 Å². The Kier molecular flexibility index (Phi) is 6.39. The van der Waals surface area contributed by atoms with Gasteiger partial charge in [-0.25, -0.2) is 14.6 Å². The zero-order chi connectivity index (χ0) is 12.8. The van der Waals surface area contributed by atoms with E-state index in [1.807, 2.05) is 5.43 Å². The molecule has 0 aromatic heterocycles. The topological polar surface area (TPSA) is 78.6 Å². The number of alkyl halides is 2. The van der Waals surface area contributed by atoms with Crippen LogP contribution >= 0.6 is 0 Å². The van der Waals surface area contributed by atoms with Gasteiger partial charge in [0.1, 0.15) is 0 Å². The van der Waals surface area contributed by atoms with Crippen molar-refractivity contribution in [1.29, 1.82) is 0 Å². The van der Waals surface area contributed by atoms with Gasteiger partial charge in [0.2, 0.25) is 5.91 Å². The average molecular weight is 239 g/mol. The second-order valence-corrected chi connectivity index (χ2v) is 4.21. The van der Waals surface area contributed by atoms with E-state index in [2.05, 4.69) is 0 Å². The van der Waals surface area contributed by atoms with Gasteiger partial charge in [-0.2, -0.15) is 0 Å². The quantitative estimate of drug-likeness (QED) is 0.320. The maximum absolute atomic E-state index is 12.2. The highest BCUT2D eigenvalue weighted by molar-refractivity contribution is 5.81. The minimum atomic E-state index is -2.50. The molecule has 0 aromatic rings. The number of aliphatic hydroxyl groups excluding tert-OH is 1. The van der Waals surface area contributed by atoms with Gasteiger partial charge in [-0.1, -0.05) is 0 Å². The Morgan fingerprint density at radius 2 is 2.12 bits per heavy atom. The number of halogens is 2. The summed E-state index contributed by atoms with van der Waals surface area (Å²) < 4.78 is 24.4. The Bertz CT molecular complexity index is 225. The van der Waals surface area contributed by atoms with Gasteiger partial charge in [-0.05, 0) is 13.8 Å². The molecular weight excluding hydrogens is 220 g/mol. The summed E-state index contributed by atoms with van der Waals surface area (Å²) in [5, 5.41) is 8.73. The molecule has 0 radical (unpaired) electrons. The predicted octanol–water partition coefficient (Wildman–Crippen LogP) is -0.438. The van der Waals surface area contributed by atoms with Crippen molar-refractivity contribution < 1.29 is 18.7 Å². The Labute approximate surface area is 93.6 Å². The molecule has 7 heteroatoms. The van der Waals surface area contributed by atoms with Crippen LogP contribution in [0.1, 0.15) is 13.8 Å². The Morgan fingerprint density at radius 3 is 2.50 bits per heavy atom. The summed E-state index contributed by atoms with van der Waals surface area (Å²) >= 11 is 0. The fourth-order valence-electron chi connectivity index (χ4n) is 1.40. The fraction of sp³-hybridized carbons (Fsp3) is 0.889. The summed E-state index contributed by atoms with van der Waals surface area (Å²) in [7, 11) is 0. The molecule has 0 aliphatic rings. The molecule has 0 aliphatic heterocycles. The van der Waals surface area contributed by atoms with Crippen LogP contribution in [0.5, 0.6) is 0 Å². The molecule has 96 valence electrons. The predicted molar refractivity (Wildman–Crippen MR) is 55.6 cm³/mol. The molecule has 1 amide bonds. The maximum atomic E-state index is 12.2. The van der Waals surface area contributed by atoms with E-state index in [1.54, 1.807) is 13.8 Å². The number of nitrogens with zero attached hydrogens (tertiary/aromatic N) is 1. The SMILES string of the molecule is CC(C)(CN(CCO)CC(F)F)C(=O)NN. The lowest BCUT2D eigenvalue weighted by atomic mass is 9.92. The first-order valence-corrected chi connectivity index (χ1v) is 4.96. The van der Waals surface area contributed by atoms with E-state index in [-0.39, 0.29) is 19.7 Å². The summed E-state index contributed by atoms with van der Waals surface area (Å²) in [5.74, 6) is 4.57. The second-order valence-electron chi connectivity index (χ2n) is 4.21. The number of rotatable bonds is 7. The number of carbonyl (C=O) groups is 1. The number of amides is 1. The molecule has 0 atom stereocenters. The molecule has 0 rings (SSSR count). The van der Waals surface area contributed by atoms with Gasteiger partial charge < -0.3 is 5.11 Å². The summed E-state index contributed by atoms with van der Waals surface area (Å²) in [4.78, 5) is 12.7. The number of nitrogens with one attached hydrogen (secondary N) is 1. The van der Waals surface area contributed by atoms with Crippen LogP contribution in [0.2, 0.25) is 0 Å². The molecular formula is C9H19F2N3O2. The minimum absolute atomic E-state index is 0.103. The molecule has 0 spiro atoms. The van der Waals surface area contributed by atoms with Crippen molar-refractivity contribution in [2.24, 2.45) is 11.3 Å². The van der Waals surface area contributed by atoms with E-state index < -0.39 is 24.3 Å². The van der Waals surface area contributed by atoms with E-state index in [1.165, 1.54) is 4.90 Å². The number of nitrogens with two attached hydrogens (primary N) is 1. The summed E-state index contributed by atoms with van der Waals surface area (Å²) in [5.41, 5.74) is 1.11. The van der Waals surface area contributed by atoms with Crippen LogP contribution in [-0.2, 0) is 4.79 Å². The Morgan fingerprint density at radius 1 is 1.56 bits per heavy atom. The van der Waals surface area contributed by atoms with E-state index in [4.69, 9.17) is 10.9 Å². The molecule has 4 N–H and O–H groups in total. The molecule has 0 aromatic carbocycles. The number of hydrazine groups is 1. The monoisotopic (exact) mass is 239 g/mol. The molecule has 0 fully saturated rings. The summed E-state index contributed by atoms with van der Waals surface area (Å²) in [6, 6.07) is 0. The van der Waals surface area contributed by atoms with Crippen molar-refractivity contribution >= 4 is 5.91 Å². The van der Waals surface area contributed by atoms with E-state index in [0.717, 1.165) is 0 Å². The highest BCUT2D eigenvalue weighted by Crippen LogP contribution is 2.17. The van der Waals surface area contributed by atoms with Gasteiger partial charge in [0, 0.05) is 13.1 Å². The standard InChI is InChI=1S/C9H19F2N3O2/c1-9(2,8(16)13-12)6-14(3-4-15)5-7(10)11/h7,15H,3-6,12H2,1-2H3,(H,13,16). The lowest BCUT2D eigenvalue weighted by molar-refractivity contribution is -0.130. The third-order valence-corrected chi connectivity index (χ3v) is 2.18. The maximum Gasteiger partial charge on any atom is 0.251 e. The van der Waals surface area contributed by atoms with Crippen molar-refractivity contribution in [2.45, 2.75) is 20.3 Å². The van der Waals surface area contributed by atoms with Crippen molar-refractivity contribution in [3.05, 3.63) is 0 Å².